The standard InChI is InChI=1S/C16H24N2OS/c19-16(11-13-6-9-20-10-7-13)12-14-5-8-18(17-14)15-3-1-2-4-15/h5,8,13,15H,1-4,6-7,9-12H2. The molecule has 0 N–H and O–H groups in total. The lowest BCUT2D eigenvalue weighted by atomic mass is 9.95. The largest absolute Gasteiger partial charge is 0.299 e. The third-order valence-corrected chi connectivity index (χ3v) is 5.65. The van der Waals surface area contributed by atoms with E-state index < -0.39 is 0 Å². The van der Waals surface area contributed by atoms with Crippen molar-refractivity contribution >= 4 is 17.5 Å². The van der Waals surface area contributed by atoms with Crippen LogP contribution < -0.4 is 0 Å². The molecule has 0 spiro atoms. The molecule has 0 radical (unpaired) electrons. The predicted octanol–water partition coefficient (Wildman–Crippen LogP) is 3.64. The molecule has 0 unspecified atom stereocenters. The van der Waals surface area contributed by atoms with Gasteiger partial charge in [0, 0.05) is 12.6 Å². The third kappa shape index (κ3) is 3.66. The molecule has 1 aliphatic heterocycles. The fraction of sp³-hybridized carbons (Fsp3) is 0.750. The van der Waals surface area contributed by atoms with Gasteiger partial charge in [-0.25, -0.2) is 0 Å². The van der Waals surface area contributed by atoms with E-state index in [4.69, 9.17) is 0 Å². The van der Waals surface area contributed by atoms with Gasteiger partial charge in [0.25, 0.3) is 0 Å². The highest BCUT2D eigenvalue weighted by molar-refractivity contribution is 7.99. The van der Waals surface area contributed by atoms with Crippen LogP contribution in [-0.2, 0) is 11.2 Å². The lowest BCUT2D eigenvalue weighted by Gasteiger charge is -2.20. The first kappa shape index (κ1) is 14.2. The summed E-state index contributed by atoms with van der Waals surface area (Å²) in [5.74, 6) is 3.46. The number of carbonyl (C=O) groups excluding carboxylic acids is 1. The fourth-order valence-electron chi connectivity index (χ4n) is 3.39. The average molecular weight is 292 g/mol. The maximum absolute atomic E-state index is 12.2. The molecule has 0 atom stereocenters. The van der Waals surface area contributed by atoms with Gasteiger partial charge < -0.3 is 0 Å². The number of hydrogen-bond acceptors (Lipinski definition) is 3. The molecule has 2 heterocycles. The van der Waals surface area contributed by atoms with E-state index in [1.165, 1.54) is 50.0 Å². The summed E-state index contributed by atoms with van der Waals surface area (Å²) in [6, 6.07) is 2.61. The number of aromatic nitrogens is 2. The van der Waals surface area contributed by atoms with Crippen molar-refractivity contribution in [2.24, 2.45) is 5.92 Å². The van der Waals surface area contributed by atoms with Crippen LogP contribution in [0.5, 0.6) is 0 Å². The summed E-state index contributed by atoms with van der Waals surface area (Å²) in [4.78, 5) is 12.2. The Kier molecular flexibility index (Phi) is 4.81. The molecule has 2 aliphatic rings. The van der Waals surface area contributed by atoms with E-state index in [0.29, 0.717) is 24.2 Å². The summed E-state index contributed by atoms with van der Waals surface area (Å²) in [6.07, 6.45) is 10.9. The highest BCUT2D eigenvalue weighted by Gasteiger charge is 2.20. The molecule has 20 heavy (non-hydrogen) atoms. The summed E-state index contributed by atoms with van der Waals surface area (Å²) in [7, 11) is 0. The van der Waals surface area contributed by atoms with E-state index in [0.717, 1.165) is 12.1 Å². The minimum Gasteiger partial charge on any atom is -0.299 e. The van der Waals surface area contributed by atoms with E-state index in [2.05, 4.69) is 16.0 Å². The second-order valence-electron chi connectivity index (χ2n) is 6.20. The van der Waals surface area contributed by atoms with Crippen molar-refractivity contribution in [1.82, 2.24) is 9.78 Å². The first-order chi connectivity index (χ1) is 9.81. The Morgan fingerprint density at radius 2 is 2.00 bits per heavy atom. The second-order valence-corrected chi connectivity index (χ2v) is 7.43. The molecule has 3 nitrogen and oxygen atoms in total. The molecule has 1 aromatic rings. The number of nitrogens with zero attached hydrogens (tertiary/aromatic N) is 2. The van der Waals surface area contributed by atoms with E-state index in [1.54, 1.807) is 0 Å². The average Bonchev–Trinajstić information content (AvgIpc) is 3.10. The Bertz CT molecular complexity index is 445. The number of rotatable bonds is 5. The molecule has 0 amide bonds. The van der Waals surface area contributed by atoms with Gasteiger partial charge in [-0.05, 0) is 49.2 Å². The Labute approximate surface area is 125 Å². The van der Waals surface area contributed by atoms with Gasteiger partial charge in [0.05, 0.1) is 18.2 Å². The van der Waals surface area contributed by atoms with Crippen molar-refractivity contribution < 1.29 is 4.79 Å². The SMILES string of the molecule is O=C(Cc1ccn(C2CCCC2)n1)CC1CCSCC1. The highest BCUT2D eigenvalue weighted by atomic mass is 32.2. The molecule has 1 aromatic heterocycles. The molecule has 1 saturated carbocycles. The van der Waals surface area contributed by atoms with Crippen molar-refractivity contribution in [3.05, 3.63) is 18.0 Å². The van der Waals surface area contributed by atoms with Gasteiger partial charge in [0.1, 0.15) is 5.78 Å². The Hall–Kier alpha value is -0.770. The van der Waals surface area contributed by atoms with Gasteiger partial charge in [-0.3, -0.25) is 9.48 Å². The molecule has 110 valence electrons. The van der Waals surface area contributed by atoms with Crippen molar-refractivity contribution in [3.63, 3.8) is 0 Å². The fourth-order valence-corrected chi connectivity index (χ4v) is 4.59. The zero-order valence-corrected chi connectivity index (χ0v) is 12.9. The minimum atomic E-state index is 0.374. The monoisotopic (exact) mass is 292 g/mol. The van der Waals surface area contributed by atoms with E-state index in [9.17, 15) is 4.79 Å². The van der Waals surface area contributed by atoms with E-state index >= 15 is 0 Å². The number of thioether (sulfide) groups is 1. The molecule has 1 aliphatic carbocycles. The van der Waals surface area contributed by atoms with Crippen molar-refractivity contribution in [2.75, 3.05) is 11.5 Å². The number of Topliss-reactive ketones (excluding diaryl/α,β-unsaturated/α-hetero) is 1. The zero-order valence-electron chi connectivity index (χ0n) is 12.1. The molecule has 0 bridgehead atoms. The van der Waals surface area contributed by atoms with Gasteiger partial charge in [-0.2, -0.15) is 16.9 Å². The molecular weight excluding hydrogens is 268 g/mol. The maximum atomic E-state index is 12.2. The van der Waals surface area contributed by atoms with Crippen molar-refractivity contribution in [3.8, 4) is 0 Å². The Balaban J connectivity index is 1.50. The summed E-state index contributed by atoms with van der Waals surface area (Å²) in [6.45, 7) is 0. The molecule has 1 saturated heterocycles. The van der Waals surface area contributed by atoms with Crippen LogP contribution in [0.3, 0.4) is 0 Å². The van der Waals surface area contributed by atoms with Crippen LogP contribution in [0.25, 0.3) is 0 Å². The van der Waals surface area contributed by atoms with Gasteiger partial charge in [-0.15, -0.1) is 0 Å². The number of carbonyl (C=O) groups is 1. The normalized spacial score (nSPS) is 21.4. The van der Waals surface area contributed by atoms with Gasteiger partial charge in [-0.1, -0.05) is 12.8 Å². The highest BCUT2D eigenvalue weighted by Crippen LogP contribution is 2.29. The summed E-state index contributed by atoms with van der Waals surface area (Å²) >= 11 is 2.02. The van der Waals surface area contributed by atoms with Crippen LogP contribution in [-0.4, -0.2) is 27.1 Å². The zero-order chi connectivity index (χ0) is 13.8. The minimum absolute atomic E-state index is 0.374. The van der Waals surface area contributed by atoms with Crippen molar-refractivity contribution in [1.29, 1.82) is 0 Å². The van der Waals surface area contributed by atoms with Crippen LogP contribution in [0.2, 0.25) is 0 Å². The van der Waals surface area contributed by atoms with Gasteiger partial charge in [0.15, 0.2) is 0 Å². The lowest BCUT2D eigenvalue weighted by Crippen LogP contribution is -2.16. The Morgan fingerprint density at radius 3 is 2.75 bits per heavy atom. The van der Waals surface area contributed by atoms with E-state index in [1.807, 2.05) is 17.8 Å². The number of ketones is 1. The predicted molar refractivity (Wildman–Crippen MR) is 83.1 cm³/mol. The van der Waals surface area contributed by atoms with Gasteiger partial charge in [0.2, 0.25) is 0 Å². The first-order valence-electron chi connectivity index (χ1n) is 7.95. The molecule has 3 rings (SSSR count). The number of hydrogen-bond donors (Lipinski definition) is 0. The van der Waals surface area contributed by atoms with Crippen LogP contribution in [0.15, 0.2) is 12.3 Å². The summed E-state index contributed by atoms with van der Waals surface area (Å²) in [5, 5.41) is 4.62. The summed E-state index contributed by atoms with van der Waals surface area (Å²) < 4.78 is 2.09. The third-order valence-electron chi connectivity index (χ3n) is 4.60. The van der Waals surface area contributed by atoms with Crippen LogP contribution in [0, 0.1) is 5.92 Å². The van der Waals surface area contributed by atoms with E-state index in [-0.39, 0.29) is 0 Å². The maximum Gasteiger partial charge on any atom is 0.139 e. The van der Waals surface area contributed by atoms with Crippen LogP contribution in [0.1, 0.15) is 56.7 Å². The van der Waals surface area contributed by atoms with Crippen LogP contribution >= 0.6 is 11.8 Å². The van der Waals surface area contributed by atoms with Gasteiger partial charge >= 0.3 is 0 Å². The molecule has 4 heteroatoms. The second kappa shape index (κ2) is 6.79. The summed E-state index contributed by atoms with van der Waals surface area (Å²) in [5.41, 5.74) is 0.965. The Morgan fingerprint density at radius 1 is 1.25 bits per heavy atom. The van der Waals surface area contributed by atoms with Crippen molar-refractivity contribution in [2.45, 2.75) is 57.4 Å². The molecular formula is C16H24N2OS. The quantitative estimate of drug-likeness (QED) is 0.831. The topological polar surface area (TPSA) is 34.9 Å². The van der Waals surface area contributed by atoms with Crippen LogP contribution in [0.4, 0.5) is 0 Å². The lowest BCUT2D eigenvalue weighted by molar-refractivity contribution is -0.119. The molecule has 2 fully saturated rings. The first-order valence-corrected chi connectivity index (χ1v) is 9.10. The molecule has 0 aromatic carbocycles. The smallest absolute Gasteiger partial charge is 0.139 e.